The first-order chi connectivity index (χ1) is 20.3. The van der Waals surface area contributed by atoms with Crippen LogP contribution in [0.1, 0.15) is 75.1 Å². The van der Waals surface area contributed by atoms with Gasteiger partial charge in [-0.15, -0.1) is 0 Å². The molecule has 2 amide bonds. The minimum atomic E-state index is -4.65. The summed E-state index contributed by atoms with van der Waals surface area (Å²) in [6, 6.07) is 6.82. The van der Waals surface area contributed by atoms with Crippen LogP contribution in [-0.2, 0) is 10.9 Å². The lowest BCUT2D eigenvalue weighted by Crippen LogP contribution is -2.35. The van der Waals surface area contributed by atoms with Gasteiger partial charge in [0.25, 0.3) is 5.91 Å². The maximum Gasteiger partial charge on any atom is 0.433 e. The predicted molar refractivity (Wildman–Crippen MR) is 156 cm³/mol. The first kappa shape index (κ1) is 32.1. The van der Waals surface area contributed by atoms with Crippen LogP contribution in [0.5, 0.6) is 5.75 Å². The summed E-state index contributed by atoms with van der Waals surface area (Å²) in [6.45, 7) is 9.02. The van der Waals surface area contributed by atoms with Gasteiger partial charge in [-0.25, -0.2) is 9.78 Å². The number of alkyl halides is 3. The lowest BCUT2D eigenvalue weighted by Gasteiger charge is -2.32. The normalized spacial score (nSPS) is 15.0. The first-order valence-electron chi connectivity index (χ1n) is 14.4. The van der Waals surface area contributed by atoms with Crippen molar-refractivity contribution >= 4 is 28.6 Å². The number of amides is 2. The first-order valence-corrected chi connectivity index (χ1v) is 14.4. The van der Waals surface area contributed by atoms with Gasteiger partial charge in [0.2, 0.25) is 0 Å². The minimum Gasteiger partial charge on any atom is -0.494 e. The molecule has 0 bridgehead atoms. The summed E-state index contributed by atoms with van der Waals surface area (Å²) in [4.78, 5) is 30.4. The minimum absolute atomic E-state index is 0.222. The van der Waals surface area contributed by atoms with Crippen molar-refractivity contribution in [2.75, 3.05) is 38.6 Å². The number of carbonyl (C=O) groups excluding carboxylic acids is 2. The van der Waals surface area contributed by atoms with Crippen molar-refractivity contribution in [1.29, 1.82) is 0 Å². The van der Waals surface area contributed by atoms with Gasteiger partial charge in [0.1, 0.15) is 22.7 Å². The number of piperidine rings is 1. The molecule has 4 rings (SSSR count). The number of benzene rings is 1. The molecule has 1 saturated heterocycles. The number of hydrogen-bond donors (Lipinski definition) is 2. The molecule has 0 spiro atoms. The highest BCUT2D eigenvalue weighted by atomic mass is 19.4. The average molecular weight is 605 g/mol. The molecule has 0 aliphatic carbocycles. The molecular formula is C30H39F3N6O4. The summed E-state index contributed by atoms with van der Waals surface area (Å²) in [5.74, 6) is -0.433. The van der Waals surface area contributed by atoms with E-state index in [0.717, 1.165) is 69.3 Å². The van der Waals surface area contributed by atoms with Crippen molar-refractivity contribution in [3.05, 3.63) is 47.9 Å². The molecule has 13 heteroatoms. The molecule has 3 aromatic rings. The molecule has 43 heavy (non-hydrogen) atoms. The topological polar surface area (TPSA) is 111 Å². The summed E-state index contributed by atoms with van der Waals surface area (Å²) in [6.07, 6.45) is 1.74. The Morgan fingerprint density at radius 2 is 1.81 bits per heavy atom. The van der Waals surface area contributed by atoms with Gasteiger partial charge in [-0.1, -0.05) is 12.5 Å². The molecule has 0 unspecified atom stereocenters. The zero-order valence-electron chi connectivity index (χ0n) is 25.0. The second-order valence-corrected chi connectivity index (χ2v) is 11.6. The number of hydrogen-bond acceptors (Lipinski definition) is 7. The van der Waals surface area contributed by atoms with Gasteiger partial charge in [0.05, 0.1) is 24.4 Å². The van der Waals surface area contributed by atoms with Crippen molar-refractivity contribution in [2.45, 2.75) is 70.7 Å². The Kier molecular flexibility index (Phi) is 10.2. The SMILES string of the molecule is COc1cc2nn(C3CCN(CCCCCNC(=O)OC(C)(C)C)CC3)cc2cc1NC(=O)c1cccc(C(F)(F)F)n1. The van der Waals surface area contributed by atoms with E-state index < -0.39 is 23.4 Å². The maximum absolute atomic E-state index is 13.0. The number of aromatic nitrogens is 3. The van der Waals surface area contributed by atoms with Gasteiger partial charge in [-0.05, 0) is 71.2 Å². The number of carbonyl (C=O) groups is 2. The molecule has 2 aromatic heterocycles. The summed E-state index contributed by atoms with van der Waals surface area (Å²) in [7, 11) is 1.45. The fraction of sp³-hybridized carbons (Fsp3) is 0.533. The number of nitrogens with zero attached hydrogens (tertiary/aromatic N) is 4. The third kappa shape index (κ3) is 9.06. The smallest absolute Gasteiger partial charge is 0.433 e. The van der Waals surface area contributed by atoms with Crippen LogP contribution in [0, 0.1) is 0 Å². The molecule has 0 atom stereocenters. The van der Waals surface area contributed by atoms with Crippen LogP contribution in [0.25, 0.3) is 10.9 Å². The van der Waals surface area contributed by atoms with Crippen LogP contribution in [0.15, 0.2) is 36.5 Å². The standard InChI is InChI=1S/C30H39F3N6O4/c1-29(2,3)43-28(41)34-13-6-5-7-14-38-15-11-21(12-16-38)39-19-20-17-24(25(42-4)18-23(20)37-39)36-27(40)22-9-8-10-26(35-22)30(31,32)33/h8-10,17-19,21H,5-7,11-16H2,1-4H3,(H,34,41)(H,36,40). The number of unbranched alkanes of at least 4 members (excludes halogenated alkanes) is 2. The lowest BCUT2D eigenvalue weighted by molar-refractivity contribution is -0.141. The number of rotatable bonds is 10. The predicted octanol–water partition coefficient (Wildman–Crippen LogP) is 6.04. The van der Waals surface area contributed by atoms with E-state index in [-0.39, 0.29) is 17.8 Å². The van der Waals surface area contributed by atoms with E-state index in [1.165, 1.54) is 13.2 Å². The van der Waals surface area contributed by atoms with E-state index in [1.807, 2.05) is 31.6 Å². The maximum atomic E-state index is 13.0. The average Bonchev–Trinajstić information content (AvgIpc) is 3.36. The van der Waals surface area contributed by atoms with E-state index in [1.54, 1.807) is 12.1 Å². The van der Waals surface area contributed by atoms with E-state index in [9.17, 15) is 22.8 Å². The van der Waals surface area contributed by atoms with Gasteiger partial charge in [-0.3, -0.25) is 9.48 Å². The Labute approximate surface area is 248 Å². The van der Waals surface area contributed by atoms with E-state index in [2.05, 4.69) is 20.5 Å². The van der Waals surface area contributed by atoms with Crippen LogP contribution in [0.4, 0.5) is 23.7 Å². The number of halogens is 3. The molecule has 234 valence electrons. The summed E-state index contributed by atoms with van der Waals surface area (Å²) in [5, 5.41) is 10.9. The van der Waals surface area contributed by atoms with Gasteiger partial charge < -0.3 is 25.0 Å². The highest BCUT2D eigenvalue weighted by molar-refractivity contribution is 6.05. The highest BCUT2D eigenvalue weighted by Gasteiger charge is 2.33. The van der Waals surface area contributed by atoms with Crippen molar-refractivity contribution in [2.24, 2.45) is 0 Å². The second kappa shape index (κ2) is 13.6. The quantitative estimate of drug-likeness (QED) is 0.272. The molecule has 1 aliphatic rings. The van der Waals surface area contributed by atoms with Crippen molar-refractivity contribution in [1.82, 2.24) is 25.0 Å². The number of likely N-dealkylation sites (tertiary alicyclic amines) is 1. The van der Waals surface area contributed by atoms with Crippen molar-refractivity contribution in [3.8, 4) is 5.75 Å². The molecule has 10 nitrogen and oxygen atoms in total. The van der Waals surface area contributed by atoms with Crippen LogP contribution in [0.3, 0.4) is 0 Å². The van der Waals surface area contributed by atoms with E-state index in [0.29, 0.717) is 23.5 Å². The van der Waals surface area contributed by atoms with Gasteiger partial charge >= 0.3 is 12.3 Å². The van der Waals surface area contributed by atoms with Gasteiger partial charge in [0.15, 0.2) is 0 Å². The molecule has 0 saturated carbocycles. The summed E-state index contributed by atoms with van der Waals surface area (Å²) >= 11 is 0. The number of methoxy groups -OCH3 is 1. The van der Waals surface area contributed by atoms with Gasteiger partial charge in [-0.2, -0.15) is 18.3 Å². The Morgan fingerprint density at radius 1 is 1.07 bits per heavy atom. The largest absolute Gasteiger partial charge is 0.494 e. The number of alkyl carbamates (subject to hydrolysis) is 1. The van der Waals surface area contributed by atoms with Crippen LogP contribution in [0.2, 0.25) is 0 Å². The monoisotopic (exact) mass is 604 g/mol. The molecule has 3 heterocycles. The summed E-state index contributed by atoms with van der Waals surface area (Å²) < 4.78 is 51.8. The Bertz CT molecular complexity index is 1410. The number of fused-ring (bicyclic) bond motifs is 1. The Hall–Kier alpha value is -3.87. The van der Waals surface area contributed by atoms with E-state index >= 15 is 0 Å². The zero-order chi connectivity index (χ0) is 31.2. The third-order valence-electron chi connectivity index (χ3n) is 7.11. The Morgan fingerprint density at radius 3 is 2.49 bits per heavy atom. The molecule has 1 fully saturated rings. The highest BCUT2D eigenvalue weighted by Crippen LogP contribution is 2.33. The molecule has 1 aliphatic heterocycles. The molecule has 2 N–H and O–H groups in total. The van der Waals surface area contributed by atoms with Crippen LogP contribution < -0.4 is 15.4 Å². The van der Waals surface area contributed by atoms with Crippen LogP contribution in [-0.4, -0.2) is 70.6 Å². The second-order valence-electron chi connectivity index (χ2n) is 11.6. The molecular weight excluding hydrogens is 565 g/mol. The fourth-order valence-corrected chi connectivity index (χ4v) is 4.98. The van der Waals surface area contributed by atoms with E-state index in [4.69, 9.17) is 14.6 Å². The molecule has 1 aromatic carbocycles. The fourth-order valence-electron chi connectivity index (χ4n) is 4.98. The Balaban J connectivity index is 1.28. The van der Waals surface area contributed by atoms with Crippen molar-refractivity contribution < 1.29 is 32.2 Å². The number of pyridine rings is 1. The number of ether oxygens (including phenoxy) is 2. The van der Waals surface area contributed by atoms with Gasteiger partial charge in [0, 0.05) is 37.3 Å². The summed E-state index contributed by atoms with van der Waals surface area (Å²) in [5.41, 5.74) is -0.980. The molecule has 0 radical (unpaired) electrons. The third-order valence-corrected chi connectivity index (χ3v) is 7.11. The number of anilines is 1. The number of nitrogens with one attached hydrogen (secondary N) is 2. The zero-order valence-corrected chi connectivity index (χ0v) is 25.0. The van der Waals surface area contributed by atoms with Crippen molar-refractivity contribution in [3.63, 3.8) is 0 Å². The van der Waals surface area contributed by atoms with Crippen LogP contribution >= 0.6 is 0 Å². The lowest BCUT2D eigenvalue weighted by atomic mass is 10.0.